The van der Waals surface area contributed by atoms with Gasteiger partial charge in [0, 0.05) is 5.56 Å². The standard InChI is InChI=1S/C15H23NO3/c1-18-11-7-8-13(19-2)12(9-11)14(16)15(17)10-5-3-4-6-10/h7-10,14-15,17H,3-6,16H2,1-2H3/t14-,15+/m1/s1. The number of aliphatic hydroxyl groups is 1. The molecule has 2 atom stereocenters. The highest BCUT2D eigenvalue weighted by molar-refractivity contribution is 5.42. The van der Waals surface area contributed by atoms with Crippen LogP contribution in [0.15, 0.2) is 18.2 Å². The summed E-state index contributed by atoms with van der Waals surface area (Å²) in [7, 11) is 3.23. The first-order valence-electron chi connectivity index (χ1n) is 6.83. The van der Waals surface area contributed by atoms with Gasteiger partial charge in [-0.3, -0.25) is 0 Å². The van der Waals surface area contributed by atoms with Gasteiger partial charge in [-0.25, -0.2) is 0 Å². The molecule has 0 amide bonds. The van der Waals surface area contributed by atoms with Crippen LogP contribution in [0.4, 0.5) is 0 Å². The number of nitrogens with two attached hydrogens (primary N) is 1. The van der Waals surface area contributed by atoms with Crippen molar-refractivity contribution < 1.29 is 14.6 Å². The van der Waals surface area contributed by atoms with Crippen LogP contribution < -0.4 is 15.2 Å². The molecule has 4 nitrogen and oxygen atoms in total. The van der Waals surface area contributed by atoms with Crippen molar-refractivity contribution in [1.82, 2.24) is 0 Å². The molecule has 0 spiro atoms. The molecular weight excluding hydrogens is 242 g/mol. The molecule has 0 heterocycles. The zero-order chi connectivity index (χ0) is 13.8. The highest BCUT2D eigenvalue weighted by atomic mass is 16.5. The molecule has 0 radical (unpaired) electrons. The van der Waals surface area contributed by atoms with E-state index >= 15 is 0 Å². The van der Waals surface area contributed by atoms with E-state index in [1.165, 1.54) is 12.8 Å². The molecule has 4 heteroatoms. The highest BCUT2D eigenvalue weighted by Crippen LogP contribution is 2.36. The van der Waals surface area contributed by atoms with E-state index in [0.717, 1.165) is 24.2 Å². The number of methoxy groups -OCH3 is 2. The van der Waals surface area contributed by atoms with Crippen LogP contribution in [0.1, 0.15) is 37.3 Å². The van der Waals surface area contributed by atoms with E-state index in [0.29, 0.717) is 11.7 Å². The summed E-state index contributed by atoms with van der Waals surface area (Å²) in [5.74, 6) is 1.72. The van der Waals surface area contributed by atoms with E-state index in [-0.39, 0.29) is 0 Å². The Hall–Kier alpha value is -1.26. The van der Waals surface area contributed by atoms with Crippen LogP contribution in [0.25, 0.3) is 0 Å². The van der Waals surface area contributed by atoms with E-state index < -0.39 is 12.1 Å². The van der Waals surface area contributed by atoms with Gasteiger partial charge in [0.1, 0.15) is 11.5 Å². The molecule has 0 saturated heterocycles. The molecular formula is C15H23NO3. The van der Waals surface area contributed by atoms with E-state index in [4.69, 9.17) is 15.2 Å². The van der Waals surface area contributed by atoms with Gasteiger partial charge in [-0.1, -0.05) is 12.8 Å². The Bertz CT molecular complexity index is 416. The van der Waals surface area contributed by atoms with Gasteiger partial charge in [0.15, 0.2) is 0 Å². The molecule has 0 unspecified atom stereocenters. The number of aliphatic hydroxyl groups excluding tert-OH is 1. The summed E-state index contributed by atoms with van der Waals surface area (Å²) in [6, 6.07) is 5.07. The summed E-state index contributed by atoms with van der Waals surface area (Å²) >= 11 is 0. The fraction of sp³-hybridized carbons (Fsp3) is 0.600. The van der Waals surface area contributed by atoms with Crippen molar-refractivity contribution in [3.8, 4) is 11.5 Å². The Morgan fingerprint density at radius 1 is 1.21 bits per heavy atom. The predicted octanol–water partition coefficient (Wildman–Crippen LogP) is 2.25. The number of rotatable bonds is 5. The Balaban J connectivity index is 2.22. The molecule has 1 saturated carbocycles. The van der Waals surface area contributed by atoms with Crippen molar-refractivity contribution in [2.45, 2.75) is 37.8 Å². The summed E-state index contributed by atoms with van der Waals surface area (Å²) in [5.41, 5.74) is 7.04. The minimum absolute atomic E-state index is 0.297. The quantitative estimate of drug-likeness (QED) is 0.857. The van der Waals surface area contributed by atoms with Crippen LogP contribution in [0.2, 0.25) is 0 Å². The van der Waals surface area contributed by atoms with Crippen LogP contribution in [0.5, 0.6) is 11.5 Å². The smallest absolute Gasteiger partial charge is 0.123 e. The van der Waals surface area contributed by atoms with Gasteiger partial charge in [-0.2, -0.15) is 0 Å². The van der Waals surface area contributed by atoms with E-state index in [2.05, 4.69) is 0 Å². The lowest BCUT2D eigenvalue weighted by Crippen LogP contribution is -2.32. The number of hydrogen-bond donors (Lipinski definition) is 2. The van der Waals surface area contributed by atoms with Crippen LogP contribution in [-0.4, -0.2) is 25.4 Å². The first-order valence-corrected chi connectivity index (χ1v) is 6.83. The third-order valence-corrected chi connectivity index (χ3v) is 4.05. The number of benzene rings is 1. The van der Waals surface area contributed by atoms with Gasteiger partial charge in [-0.15, -0.1) is 0 Å². The van der Waals surface area contributed by atoms with Gasteiger partial charge in [-0.05, 0) is 37.0 Å². The number of hydrogen-bond acceptors (Lipinski definition) is 4. The van der Waals surface area contributed by atoms with E-state index in [9.17, 15) is 5.11 Å². The zero-order valence-corrected chi connectivity index (χ0v) is 11.6. The number of ether oxygens (including phenoxy) is 2. The Labute approximate surface area is 114 Å². The first kappa shape index (κ1) is 14.2. The van der Waals surface area contributed by atoms with Gasteiger partial charge in [0.05, 0.1) is 26.4 Å². The molecule has 106 valence electrons. The minimum Gasteiger partial charge on any atom is -0.497 e. The summed E-state index contributed by atoms with van der Waals surface area (Å²) in [6.07, 6.45) is 3.96. The lowest BCUT2D eigenvalue weighted by molar-refractivity contribution is 0.0835. The maximum absolute atomic E-state index is 10.4. The molecule has 1 aromatic carbocycles. The van der Waals surface area contributed by atoms with Crippen LogP contribution in [0.3, 0.4) is 0 Å². The third kappa shape index (κ3) is 3.01. The topological polar surface area (TPSA) is 64.7 Å². The van der Waals surface area contributed by atoms with E-state index in [1.807, 2.05) is 18.2 Å². The monoisotopic (exact) mass is 265 g/mol. The molecule has 0 aliphatic heterocycles. The molecule has 2 rings (SSSR count). The van der Waals surface area contributed by atoms with Gasteiger partial charge in [0.2, 0.25) is 0 Å². The van der Waals surface area contributed by atoms with Crippen molar-refractivity contribution in [3.05, 3.63) is 23.8 Å². The van der Waals surface area contributed by atoms with E-state index in [1.54, 1.807) is 14.2 Å². The average molecular weight is 265 g/mol. The normalized spacial score (nSPS) is 19.2. The lowest BCUT2D eigenvalue weighted by Gasteiger charge is -2.26. The van der Waals surface area contributed by atoms with Gasteiger partial charge in [0.25, 0.3) is 0 Å². The summed E-state index contributed by atoms with van der Waals surface area (Å²) in [5, 5.41) is 10.4. The van der Waals surface area contributed by atoms with Crippen molar-refractivity contribution in [3.63, 3.8) is 0 Å². The zero-order valence-electron chi connectivity index (χ0n) is 11.6. The fourth-order valence-electron chi connectivity index (χ4n) is 2.88. The van der Waals surface area contributed by atoms with Gasteiger partial charge < -0.3 is 20.3 Å². The average Bonchev–Trinajstić information content (AvgIpc) is 2.99. The molecule has 1 aliphatic carbocycles. The summed E-state index contributed by atoms with van der Waals surface area (Å²) in [6.45, 7) is 0. The largest absolute Gasteiger partial charge is 0.497 e. The second-order valence-corrected chi connectivity index (χ2v) is 5.17. The van der Waals surface area contributed by atoms with Crippen LogP contribution in [0, 0.1) is 5.92 Å². The Kier molecular flexibility index (Phi) is 4.66. The SMILES string of the molecule is COc1ccc(OC)c([C@@H](N)[C@@H](O)C2CCCC2)c1. The van der Waals surface area contributed by atoms with Gasteiger partial charge >= 0.3 is 0 Å². The molecule has 0 aromatic heterocycles. The van der Waals surface area contributed by atoms with Crippen molar-refractivity contribution in [2.24, 2.45) is 11.7 Å². The molecule has 1 aromatic rings. The molecule has 0 bridgehead atoms. The second kappa shape index (κ2) is 6.26. The third-order valence-electron chi connectivity index (χ3n) is 4.05. The maximum Gasteiger partial charge on any atom is 0.123 e. The second-order valence-electron chi connectivity index (χ2n) is 5.17. The van der Waals surface area contributed by atoms with Crippen LogP contribution >= 0.6 is 0 Å². The summed E-state index contributed by atoms with van der Waals surface area (Å²) < 4.78 is 10.5. The predicted molar refractivity (Wildman–Crippen MR) is 74.4 cm³/mol. The highest BCUT2D eigenvalue weighted by Gasteiger charge is 2.30. The summed E-state index contributed by atoms with van der Waals surface area (Å²) in [4.78, 5) is 0. The van der Waals surface area contributed by atoms with Crippen molar-refractivity contribution in [1.29, 1.82) is 0 Å². The molecule has 1 fully saturated rings. The van der Waals surface area contributed by atoms with Crippen molar-refractivity contribution >= 4 is 0 Å². The lowest BCUT2D eigenvalue weighted by atomic mass is 9.90. The van der Waals surface area contributed by atoms with Crippen molar-refractivity contribution in [2.75, 3.05) is 14.2 Å². The first-order chi connectivity index (χ1) is 9.17. The molecule has 19 heavy (non-hydrogen) atoms. The minimum atomic E-state index is -0.525. The molecule has 3 N–H and O–H groups in total. The fourth-order valence-corrected chi connectivity index (χ4v) is 2.88. The maximum atomic E-state index is 10.4. The Morgan fingerprint density at radius 3 is 2.47 bits per heavy atom. The Morgan fingerprint density at radius 2 is 1.89 bits per heavy atom. The molecule has 1 aliphatic rings. The van der Waals surface area contributed by atoms with Crippen LogP contribution in [-0.2, 0) is 0 Å².